The Kier molecular flexibility index (Phi) is 4.15. The van der Waals surface area contributed by atoms with Gasteiger partial charge in [-0.1, -0.05) is 24.3 Å². The SMILES string of the molecule is CNC(Cc1ccccc1C)Cc1nccn1C. The van der Waals surface area contributed by atoms with Crippen LogP contribution in [-0.4, -0.2) is 22.6 Å². The molecule has 2 rings (SSSR count). The molecule has 0 amide bonds. The van der Waals surface area contributed by atoms with E-state index in [1.807, 2.05) is 26.5 Å². The average Bonchev–Trinajstić information content (AvgIpc) is 2.77. The lowest BCUT2D eigenvalue weighted by molar-refractivity contribution is 0.533. The van der Waals surface area contributed by atoms with Gasteiger partial charge >= 0.3 is 0 Å². The van der Waals surface area contributed by atoms with E-state index in [0.29, 0.717) is 6.04 Å². The molecule has 96 valence electrons. The van der Waals surface area contributed by atoms with Gasteiger partial charge in [0.1, 0.15) is 5.82 Å². The largest absolute Gasteiger partial charge is 0.338 e. The van der Waals surface area contributed by atoms with Gasteiger partial charge in [0.2, 0.25) is 0 Å². The monoisotopic (exact) mass is 243 g/mol. The first kappa shape index (κ1) is 12.8. The van der Waals surface area contributed by atoms with Crippen LogP contribution < -0.4 is 5.32 Å². The molecule has 0 aliphatic carbocycles. The maximum atomic E-state index is 4.39. The number of hydrogen-bond acceptors (Lipinski definition) is 2. The zero-order valence-corrected chi connectivity index (χ0v) is 11.4. The molecule has 2 aromatic rings. The molecule has 0 aliphatic rings. The van der Waals surface area contributed by atoms with Crippen LogP contribution in [0.3, 0.4) is 0 Å². The number of aromatic nitrogens is 2. The predicted molar refractivity (Wildman–Crippen MR) is 74.6 cm³/mol. The maximum absolute atomic E-state index is 4.39. The molecular formula is C15H21N3. The van der Waals surface area contributed by atoms with Crippen LogP contribution in [0.4, 0.5) is 0 Å². The van der Waals surface area contributed by atoms with Gasteiger partial charge in [0, 0.05) is 31.9 Å². The number of likely N-dealkylation sites (N-methyl/N-ethyl adjacent to an activating group) is 1. The molecule has 3 nitrogen and oxygen atoms in total. The number of rotatable bonds is 5. The van der Waals surface area contributed by atoms with Crippen LogP contribution in [0.1, 0.15) is 17.0 Å². The van der Waals surface area contributed by atoms with E-state index in [4.69, 9.17) is 0 Å². The van der Waals surface area contributed by atoms with Crippen molar-refractivity contribution in [1.29, 1.82) is 0 Å². The Balaban J connectivity index is 2.06. The van der Waals surface area contributed by atoms with Crippen LogP contribution in [-0.2, 0) is 19.9 Å². The van der Waals surface area contributed by atoms with Gasteiger partial charge in [0.15, 0.2) is 0 Å². The van der Waals surface area contributed by atoms with Gasteiger partial charge in [-0.15, -0.1) is 0 Å². The lowest BCUT2D eigenvalue weighted by atomic mass is 9.99. The van der Waals surface area contributed by atoms with Crippen molar-refractivity contribution in [3.05, 3.63) is 53.6 Å². The van der Waals surface area contributed by atoms with Crippen LogP contribution in [0, 0.1) is 6.92 Å². The first-order chi connectivity index (χ1) is 8.70. The number of nitrogens with zero attached hydrogens (tertiary/aromatic N) is 2. The van der Waals surface area contributed by atoms with Crippen molar-refractivity contribution >= 4 is 0 Å². The summed E-state index contributed by atoms with van der Waals surface area (Å²) in [6.45, 7) is 2.17. The minimum Gasteiger partial charge on any atom is -0.338 e. The van der Waals surface area contributed by atoms with Crippen LogP contribution in [0.5, 0.6) is 0 Å². The lowest BCUT2D eigenvalue weighted by Gasteiger charge is -2.17. The summed E-state index contributed by atoms with van der Waals surface area (Å²) in [6.07, 6.45) is 5.84. The van der Waals surface area contributed by atoms with Crippen LogP contribution in [0.25, 0.3) is 0 Å². The second-order valence-corrected chi connectivity index (χ2v) is 4.77. The summed E-state index contributed by atoms with van der Waals surface area (Å²) in [6, 6.07) is 9.00. The molecule has 18 heavy (non-hydrogen) atoms. The van der Waals surface area contributed by atoms with E-state index in [-0.39, 0.29) is 0 Å². The van der Waals surface area contributed by atoms with E-state index >= 15 is 0 Å². The van der Waals surface area contributed by atoms with Gasteiger partial charge in [-0.2, -0.15) is 0 Å². The third-order valence-electron chi connectivity index (χ3n) is 3.49. The van der Waals surface area contributed by atoms with Gasteiger partial charge in [0.05, 0.1) is 0 Å². The predicted octanol–water partition coefficient (Wildman–Crippen LogP) is 2.10. The Bertz CT molecular complexity index is 502. The summed E-state index contributed by atoms with van der Waals surface area (Å²) < 4.78 is 2.09. The normalized spacial score (nSPS) is 12.6. The van der Waals surface area contributed by atoms with Crippen molar-refractivity contribution in [3.63, 3.8) is 0 Å². The minimum atomic E-state index is 0.423. The van der Waals surface area contributed by atoms with E-state index in [9.17, 15) is 0 Å². The quantitative estimate of drug-likeness (QED) is 0.871. The Morgan fingerprint density at radius 2 is 2.06 bits per heavy atom. The standard InChI is InChI=1S/C15H21N3/c1-12-6-4-5-7-13(12)10-14(16-2)11-15-17-8-9-18(15)3/h4-9,14,16H,10-11H2,1-3H3. The Morgan fingerprint density at radius 3 is 2.67 bits per heavy atom. The zero-order chi connectivity index (χ0) is 13.0. The summed E-state index contributed by atoms with van der Waals surface area (Å²) in [7, 11) is 4.06. The highest BCUT2D eigenvalue weighted by Crippen LogP contribution is 2.12. The molecule has 1 aromatic carbocycles. The topological polar surface area (TPSA) is 29.9 Å². The molecule has 1 aromatic heterocycles. The van der Waals surface area contributed by atoms with Crippen LogP contribution >= 0.6 is 0 Å². The summed E-state index contributed by atoms with van der Waals surface area (Å²) in [5.74, 6) is 1.13. The van der Waals surface area contributed by atoms with Crippen LogP contribution in [0.15, 0.2) is 36.7 Å². The zero-order valence-electron chi connectivity index (χ0n) is 11.4. The highest BCUT2D eigenvalue weighted by Gasteiger charge is 2.12. The third-order valence-corrected chi connectivity index (χ3v) is 3.49. The molecule has 0 saturated carbocycles. The highest BCUT2D eigenvalue weighted by atomic mass is 15.0. The third kappa shape index (κ3) is 2.99. The molecule has 1 N–H and O–H groups in total. The van der Waals surface area contributed by atoms with E-state index < -0.39 is 0 Å². The van der Waals surface area contributed by atoms with Crippen molar-refractivity contribution in [3.8, 4) is 0 Å². The second-order valence-electron chi connectivity index (χ2n) is 4.77. The maximum Gasteiger partial charge on any atom is 0.109 e. The summed E-state index contributed by atoms with van der Waals surface area (Å²) in [5, 5.41) is 3.39. The molecule has 3 heteroatoms. The molecule has 0 aliphatic heterocycles. The molecule has 0 radical (unpaired) electrons. The van der Waals surface area contributed by atoms with E-state index in [2.05, 4.69) is 46.1 Å². The smallest absolute Gasteiger partial charge is 0.109 e. The molecule has 0 bridgehead atoms. The second kappa shape index (κ2) is 5.83. The van der Waals surface area contributed by atoms with E-state index in [1.165, 1.54) is 11.1 Å². The number of nitrogens with one attached hydrogen (secondary N) is 1. The first-order valence-corrected chi connectivity index (χ1v) is 6.38. The molecule has 1 atom stereocenters. The summed E-state index contributed by atoms with van der Waals surface area (Å²) in [5.41, 5.74) is 2.77. The van der Waals surface area contributed by atoms with Crippen molar-refractivity contribution in [2.24, 2.45) is 7.05 Å². The first-order valence-electron chi connectivity index (χ1n) is 6.38. The lowest BCUT2D eigenvalue weighted by Crippen LogP contribution is -2.31. The van der Waals surface area contributed by atoms with Gasteiger partial charge in [0.25, 0.3) is 0 Å². The Labute approximate surface area is 109 Å². The molecule has 1 unspecified atom stereocenters. The minimum absolute atomic E-state index is 0.423. The van der Waals surface area contributed by atoms with Crippen molar-refractivity contribution in [1.82, 2.24) is 14.9 Å². The van der Waals surface area contributed by atoms with Gasteiger partial charge < -0.3 is 9.88 Å². The van der Waals surface area contributed by atoms with Crippen molar-refractivity contribution in [2.75, 3.05) is 7.05 Å². The molecule has 0 spiro atoms. The fraction of sp³-hybridized carbons (Fsp3) is 0.400. The molecule has 1 heterocycles. The van der Waals surface area contributed by atoms with E-state index in [1.54, 1.807) is 0 Å². The van der Waals surface area contributed by atoms with Crippen molar-refractivity contribution < 1.29 is 0 Å². The number of aryl methyl sites for hydroxylation is 2. The number of hydrogen-bond donors (Lipinski definition) is 1. The van der Waals surface area contributed by atoms with Gasteiger partial charge in [-0.05, 0) is 31.5 Å². The Hall–Kier alpha value is -1.61. The van der Waals surface area contributed by atoms with Gasteiger partial charge in [-0.25, -0.2) is 4.98 Å². The molecular weight excluding hydrogens is 222 g/mol. The number of benzene rings is 1. The average molecular weight is 243 g/mol. The molecule has 0 saturated heterocycles. The summed E-state index contributed by atoms with van der Waals surface area (Å²) in [4.78, 5) is 4.39. The highest BCUT2D eigenvalue weighted by molar-refractivity contribution is 5.26. The van der Waals surface area contributed by atoms with E-state index in [0.717, 1.165) is 18.7 Å². The molecule has 0 fully saturated rings. The summed E-state index contributed by atoms with van der Waals surface area (Å²) >= 11 is 0. The number of imidazole rings is 1. The van der Waals surface area contributed by atoms with Crippen molar-refractivity contribution in [2.45, 2.75) is 25.8 Å². The van der Waals surface area contributed by atoms with Gasteiger partial charge in [-0.3, -0.25) is 0 Å². The fourth-order valence-corrected chi connectivity index (χ4v) is 2.19. The Morgan fingerprint density at radius 1 is 1.28 bits per heavy atom. The van der Waals surface area contributed by atoms with Crippen LogP contribution in [0.2, 0.25) is 0 Å². The fourth-order valence-electron chi connectivity index (χ4n) is 2.19.